The second kappa shape index (κ2) is 14.1. The molecule has 4 heterocycles. The van der Waals surface area contributed by atoms with Crippen LogP contribution in [0.2, 0.25) is 0 Å². The number of furan rings is 1. The molecule has 0 amide bonds. The standard InChI is InChI=1S/C59H36N4OS/c1-2-14-35(15-3-1)57-60-58(39-26-29-54-47(31-39)43-21-10-13-25-53(43)65-54)62-59(61-57)44-28-27-40(63-49-23-11-8-20-42(49)46-30-36-16-4-5-17-37(36)32-50(46)63)34-48(44)55-41-19-7-6-18-38(41)33-52-56(55)45-22-9-12-24-51(45)64-52/h1-34,59H,(H,60,61,62). The lowest BCUT2D eigenvalue weighted by Crippen LogP contribution is -2.33. The molecule has 10 aromatic carbocycles. The third-order valence-electron chi connectivity index (χ3n) is 13.2. The van der Waals surface area contributed by atoms with Crippen LogP contribution >= 0.6 is 11.3 Å². The van der Waals surface area contributed by atoms with Crippen molar-refractivity contribution in [3.63, 3.8) is 0 Å². The minimum absolute atomic E-state index is 0.494. The maximum atomic E-state index is 6.71. The van der Waals surface area contributed by atoms with Crippen LogP contribution in [-0.2, 0) is 0 Å². The van der Waals surface area contributed by atoms with Gasteiger partial charge in [-0.3, -0.25) is 0 Å². The topological polar surface area (TPSA) is 54.8 Å². The largest absolute Gasteiger partial charge is 0.456 e. The summed E-state index contributed by atoms with van der Waals surface area (Å²) in [4.78, 5) is 10.9. The average molecular weight is 849 g/mol. The van der Waals surface area contributed by atoms with E-state index in [0.717, 1.165) is 83.1 Å². The number of aliphatic imine (C=N–C) groups is 2. The molecule has 1 N–H and O–H groups in total. The fourth-order valence-corrected chi connectivity index (χ4v) is 11.3. The molecule has 6 heteroatoms. The maximum Gasteiger partial charge on any atom is 0.159 e. The number of aromatic nitrogens is 1. The lowest BCUT2D eigenvalue weighted by Gasteiger charge is -2.26. The number of nitrogens with one attached hydrogen (secondary N) is 1. The van der Waals surface area contributed by atoms with Gasteiger partial charge in [0.25, 0.3) is 0 Å². The molecule has 304 valence electrons. The Bertz CT molecular complexity index is 4170. The van der Waals surface area contributed by atoms with Crippen molar-refractivity contribution in [3.05, 3.63) is 223 Å². The molecular weight excluding hydrogens is 813 g/mol. The van der Waals surface area contributed by atoms with E-state index in [4.69, 9.17) is 14.4 Å². The number of hydrogen-bond acceptors (Lipinski definition) is 5. The maximum absolute atomic E-state index is 6.71. The van der Waals surface area contributed by atoms with Gasteiger partial charge >= 0.3 is 0 Å². The molecule has 3 aromatic heterocycles. The van der Waals surface area contributed by atoms with Gasteiger partial charge in [-0.15, -0.1) is 11.3 Å². The van der Waals surface area contributed by atoms with Gasteiger partial charge in [-0.1, -0.05) is 140 Å². The molecule has 0 spiro atoms. The van der Waals surface area contributed by atoms with Crippen molar-refractivity contribution in [1.29, 1.82) is 0 Å². The molecular formula is C59H36N4OS. The number of fused-ring (bicyclic) bond motifs is 11. The zero-order chi connectivity index (χ0) is 42.6. The van der Waals surface area contributed by atoms with Crippen LogP contribution in [-0.4, -0.2) is 16.2 Å². The summed E-state index contributed by atoms with van der Waals surface area (Å²) in [6, 6.07) is 74.0. The highest BCUT2D eigenvalue weighted by molar-refractivity contribution is 7.25. The molecule has 0 aliphatic carbocycles. The summed E-state index contributed by atoms with van der Waals surface area (Å²) in [6.07, 6.45) is -0.494. The van der Waals surface area contributed by atoms with Crippen molar-refractivity contribution in [2.45, 2.75) is 6.17 Å². The molecule has 1 unspecified atom stereocenters. The Morgan fingerprint density at radius 3 is 2.06 bits per heavy atom. The van der Waals surface area contributed by atoms with Gasteiger partial charge in [-0.2, -0.15) is 0 Å². The second-order valence-corrected chi connectivity index (χ2v) is 18.0. The lowest BCUT2D eigenvalue weighted by molar-refractivity contribution is 0.669. The van der Waals surface area contributed by atoms with Crippen LogP contribution in [0.5, 0.6) is 0 Å². The minimum atomic E-state index is -0.494. The first kappa shape index (κ1) is 36.2. The van der Waals surface area contributed by atoms with Crippen LogP contribution in [0.4, 0.5) is 0 Å². The first-order valence-corrected chi connectivity index (χ1v) is 22.8. The molecule has 0 saturated heterocycles. The Kier molecular flexibility index (Phi) is 7.85. The summed E-state index contributed by atoms with van der Waals surface area (Å²) in [5.74, 6) is 1.46. The van der Waals surface area contributed by atoms with E-state index >= 15 is 0 Å². The number of para-hydroxylation sites is 2. The first-order chi connectivity index (χ1) is 32.2. The Balaban J connectivity index is 1.07. The molecule has 1 aliphatic rings. The van der Waals surface area contributed by atoms with Gasteiger partial charge in [0.15, 0.2) is 5.84 Å². The molecule has 1 aliphatic heterocycles. The first-order valence-electron chi connectivity index (χ1n) is 22.0. The smallest absolute Gasteiger partial charge is 0.159 e. The van der Waals surface area contributed by atoms with Gasteiger partial charge in [0.05, 0.1) is 11.0 Å². The molecule has 13 aromatic rings. The molecule has 0 bridgehead atoms. The van der Waals surface area contributed by atoms with E-state index in [0.29, 0.717) is 5.84 Å². The summed E-state index contributed by atoms with van der Waals surface area (Å²) in [5.41, 5.74) is 10.3. The number of thiophene rings is 1. The highest BCUT2D eigenvalue weighted by Gasteiger charge is 2.28. The van der Waals surface area contributed by atoms with E-state index in [-0.39, 0.29) is 0 Å². The predicted molar refractivity (Wildman–Crippen MR) is 273 cm³/mol. The van der Waals surface area contributed by atoms with E-state index in [1.807, 2.05) is 23.5 Å². The monoisotopic (exact) mass is 848 g/mol. The minimum Gasteiger partial charge on any atom is -0.456 e. The molecule has 65 heavy (non-hydrogen) atoms. The highest BCUT2D eigenvalue weighted by Crippen LogP contribution is 2.46. The zero-order valence-electron chi connectivity index (χ0n) is 34.9. The molecule has 5 nitrogen and oxygen atoms in total. The van der Waals surface area contributed by atoms with Crippen molar-refractivity contribution in [3.8, 4) is 16.8 Å². The van der Waals surface area contributed by atoms with Crippen molar-refractivity contribution < 1.29 is 4.42 Å². The summed E-state index contributed by atoms with van der Waals surface area (Å²) in [5, 5.41) is 15.6. The van der Waals surface area contributed by atoms with Crippen molar-refractivity contribution >= 4 is 108 Å². The van der Waals surface area contributed by atoms with Crippen molar-refractivity contribution in [2.24, 2.45) is 9.98 Å². The van der Waals surface area contributed by atoms with E-state index < -0.39 is 6.17 Å². The van der Waals surface area contributed by atoms with E-state index in [9.17, 15) is 0 Å². The molecule has 14 rings (SSSR count). The van der Waals surface area contributed by atoms with Crippen LogP contribution in [0, 0.1) is 0 Å². The Labute approximate surface area is 376 Å². The van der Waals surface area contributed by atoms with Crippen LogP contribution < -0.4 is 5.32 Å². The van der Waals surface area contributed by atoms with Gasteiger partial charge in [-0.05, 0) is 93.8 Å². The number of rotatable bonds is 5. The van der Waals surface area contributed by atoms with E-state index in [1.54, 1.807) is 0 Å². The third-order valence-corrected chi connectivity index (χ3v) is 14.4. The number of hydrogen-bond donors (Lipinski definition) is 1. The lowest BCUT2D eigenvalue weighted by atomic mass is 9.89. The molecule has 1 atom stereocenters. The van der Waals surface area contributed by atoms with Crippen LogP contribution in [0.3, 0.4) is 0 Å². The Morgan fingerprint density at radius 1 is 0.477 bits per heavy atom. The zero-order valence-corrected chi connectivity index (χ0v) is 35.7. The Morgan fingerprint density at radius 2 is 1.18 bits per heavy atom. The second-order valence-electron chi connectivity index (χ2n) is 16.9. The predicted octanol–water partition coefficient (Wildman–Crippen LogP) is 15.5. The highest BCUT2D eigenvalue weighted by atomic mass is 32.1. The third kappa shape index (κ3) is 5.64. The fourth-order valence-electron chi connectivity index (χ4n) is 10.2. The van der Waals surface area contributed by atoms with Crippen molar-refractivity contribution in [2.75, 3.05) is 0 Å². The molecule has 0 radical (unpaired) electrons. The van der Waals surface area contributed by atoms with E-state index in [2.05, 4.69) is 204 Å². The van der Waals surface area contributed by atoms with E-state index in [1.165, 1.54) is 41.7 Å². The fraction of sp³-hybridized carbons (Fsp3) is 0.0169. The summed E-state index contributed by atoms with van der Waals surface area (Å²) < 4.78 is 11.7. The van der Waals surface area contributed by atoms with Crippen molar-refractivity contribution in [1.82, 2.24) is 9.88 Å². The quantitative estimate of drug-likeness (QED) is 0.188. The summed E-state index contributed by atoms with van der Waals surface area (Å²) in [6.45, 7) is 0. The number of nitrogens with zero attached hydrogens (tertiary/aromatic N) is 3. The van der Waals surface area contributed by atoms with Gasteiger partial charge < -0.3 is 14.3 Å². The van der Waals surface area contributed by atoms with Gasteiger partial charge in [0, 0.05) is 69.7 Å². The molecule has 0 fully saturated rings. The average Bonchev–Trinajstić information content (AvgIpc) is 4.04. The Hall–Kier alpha value is -8.32. The summed E-state index contributed by atoms with van der Waals surface area (Å²) >= 11 is 1.82. The molecule has 0 saturated carbocycles. The van der Waals surface area contributed by atoms with Gasteiger partial charge in [0.1, 0.15) is 23.2 Å². The van der Waals surface area contributed by atoms with Gasteiger partial charge in [-0.25, -0.2) is 9.98 Å². The number of amidine groups is 2. The van der Waals surface area contributed by atoms with Gasteiger partial charge in [0.2, 0.25) is 0 Å². The normalized spacial score (nSPS) is 14.3. The van der Waals surface area contributed by atoms with Crippen LogP contribution in [0.25, 0.3) is 102 Å². The number of benzene rings is 10. The van der Waals surface area contributed by atoms with Crippen LogP contribution in [0.1, 0.15) is 22.9 Å². The van der Waals surface area contributed by atoms with Crippen LogP contribution in [0.15, 0.2) is 221 Å². The summed E-state index contributed by atoms with van der Waals surface area (Å²) in [7, 11) is 0. The SMILES string of the molecule is c1ccc(C2=NC(c3ccc4sc5ccccc5c4c3)=NC(c3ccc(-n4c5ccccc5c5cc6ccccc6cc54)cc3-c3c4ccccc4cc4oc5ccccc5c34)N2)cc1.